The molecule has 0 unspecified atom stereocenters. The van der Waals surface area contributed by atoms with E-state index in [0.717, 1.165) is 6.20 Å². The molecule has 0 aliphatic rings. The highest BCUT2D eigenvalue weighted by Crippen LogP contribution is 2.03. The zero-order chi connectivity index (χ0) is 13.5. The average Bonchev–Trinajstić information content (AvgIpc) is 2.16. The summed E-state index contributed by atoms with van der Waals surface area (Å²) >= 11 is 3.00. The van der Waals surface area contributed by atoms with E-state index in [1.807, 2.05) is 0 Å². The van der Waals surface area contributed by atoms with Gasteiger partial charge in [-0.1, -0.05) is 13.2 Å². The summed E-state index contributed by atoms with van der Waals surface area (Å²) in [5, 5.41) is 0. The third-order valence-electron chi connectivity index (χ3n) is 0.811. The Morgan fingerprint density at radius 3 is 3.20 bits per heavy atom. The summed E-state index contributed by atoms with van der Waals surface area (Å²) in [5.41, 5.74) is -0.359. The molecule has 2 nitrogen and oxygen atoms in total. The van der Waals surface area contributed by atoms with Crippen molar-refractivity contribution in [1.82, 2.24) is 9.97 Å². The second-order valence-electron chi connectivity index (χ2n) is 1.47. The van der Waals surface area contributed by atoms with Crippen molar-refractivity contribution < 1.29 is 9.60 Å². The molecule has 0 radical (unpaired) electrons. The number of halogens is 1. The van der Waals surface area contributed by atoms with E-state index in [9.17, 15) is 0 Å². The fourth-order valence-corrected chi connectivity index (χ4v) is 0.646. The monoisotopic (exact) mass is 207 g/mol. The topological polar surface area (TPSA) is 25.8 Å². The van der Waals surface area contributed by atoms with Gasteiger partial charge in [0, 0.05) is 15.8 Å². The Balaban J connectivity index is 3.23. The van der Waals surface area contributed by atoms with Gasteiger partial charge in [-0.05, 0) is 22.3 Å². The lowest BCUT2D eigenvalue weighted by Crippen LogP contribution is -1.89. The Morgan fingerprint density at radius 1 is 1.70 bits per heavy atom. The van der Waals surface area contributed by atoms with Crippen LogP contribution in [0, 0.1) is 0 Å². The van der Waals surface area contributed by atoms with E-state index in [2.05, 4.69) is 25.9 Å². The fraction of sp³-hybridized carbons (Fsp3) is 0.429. The maximum absolute atomic E-state index is 7.61. The van der Waals surface area contributed by atoms with E-state index < -0.39 is 19.6 Å². The lowest BCUT2D eigenvalue weighted by Gasteiger charge is -1.94. The Hall–Kier alpha value is -0.440. The molecule has 10 heavy (non-hydrogen) atoms. The maximum atomic E-state index is 7.61. The van der Waals surface area contributed by atoms with Crippen LogP contribution in [-0.2, 0) is 6.37 Å². The fourth-order valence-electron chi connectivity index (χ4n) is 0.441. The van der Waals surface area contributed by atoms with Gasteiger partial charge in [-0.3, -0.25) is 4.98 Å². The number of nitrogens with zero attached hydrogens (tertiary/aromatic N) is 2. The first-order valence-electron chi connectivity index (χ1n) is 5.98. The summed E-state index contributed by atoms with van der Waals surface area (Å²) in [7, 11) is 0. The first-order chi connectivity index (χ1) is 7.50. The second-order valence-corrected chi connectivity index (χ2v) is 2.29. The smallest absolute Gasteiger partial charge is 0.124 e. The minimum atomic E-state index is -3.09. The molecule has 1 heterocycles. The summed E-state index contributed by atoms with van der Waals surface area (Å²) < 4.78 is 51.5. The predicted octanol–water partition coefficient (Wildman–Crippen LogP) is 2.19. The van der Waals surface area contributed by atoms with Crippen LogP contribution in [0.3, 0.4) is 0 Å². The van der Waals surface area contributed by atoms with Gasteiger partial charge in [0.05, 0.1) is 11.9 Å². The van der Waals surface area contributed by atoms with Crippen LogP contribution in [0.15, 0.2) is 17.0 Å². The molecule has 3 heteroatoms. The molecule has 0 atom stereocenters. The zero-order valence-electron chi connectivity index (χ0n) is 11.9. The molecular weight excluding hydrogens is 192 g/mol. The summed E-state index contributed by atoms with van der Waals surface area (Å²) in [6.07, 6.45) is -3.62. The third-order valence-corrected chi connectivity index (χ3v) is 1.22. The minimum Gasteiger partial charge on any atom is -0.257 e. The molecule has 1 aromatic heterocycles. The molecule has 0 aromatic carbocycles. The van der Waals surface area contributed by atoms with Crippen LogP contribution in [0.2, 0.25) is 0 Å². The molecule has 1 rings (SSSR count). The average molecular weight is 208 g/mol. The summed E-state index contributed by atoms with van der Waals surface area (Å²) in [4.78, 5) is 7.36. The molecule has 54 valence electrons. The summed E-state index contributed by atoms with van der Waals surface area (Å²) in [6, 6.07) is 0. The van der Waals surface area contributed by atoms with Gasteiger partial charge in [0.1, 0.15) is 4.60 Å². The Kier molecular flexibility index (Phi) is 0.935. The van der Waals surface area contributed by atoms with Crippen LogP contribution in [0.5, 0.6) is 0 Å². The molecular formula is C7H9BrN2. The highest BCUT2D eigenvalue weighted by Gasteiger charge is 1.91. The Morgan fingerprint density at radius 2 is 2.60 bits per heavy atom. The van der Waals surface area contributed by atoms with Gasteiger partial charge in [0.25, 0.3) is 0 Å². The van der Waals surface area contributed by atoms with E-state index in [1.165, 1.54) is 6.20 Å². The first kappa shape index (κ1) is 2.55. The largest absolute Gasteiger partial charge is 0.257 e. The summed E-state index contributed by atoms with van der Waals surface area (Å²) in [5.74, 6) is 0. The SMILES string of the molecule is [2H]C([2H])([2H])C([2H])([2H])C([2H])([2H])c1cnc(Br)cn1. The molecule has 0 bridgehead atoms. The molecule has 0 aliphatic carbocycles. The van der Waals surface area contributed by atoms with E-state index in [0.29, 0.717) is 4.60 Å². The van der Waals surface area contributed by atoms with E-state index in [1.54, 1.807) is 0 Å². The normalized spacial score (nSPS) is 24.3. The Bertz CT molecular complexity index is 400. The highest BCUT2D eigenvalue weighted by molar-refractivity contribution is 9.10. The lowest BCUT2D eigenvalue weighted by atomic mass is 10.3. The maximum Gasteiger partial charge on any atom is 0.124 e. The van der Waals surface area contributed by atoms with Crippen LogP contribution >= 0.6 is 15.9 Å². The number of aromatic nitrogens is 2. The van der Waals surface area contributed by atoms with Crippen molar-refractivity contribution in [1.29, 1.82) is 0 Å². The standard InChI is InChI=1S/C7H9BrN2/c1-2-3-6-4-10-7(8)5-9-6/h4-5H,2-3H2,1H3/i1D3,2D2,3D2. The molecule has 0 saturated carbocycles. The van der Waals surface area contributed by atoms with Crippen molar-refractivity contribution in [3.8, 4) is 0 Å². The molecule has 0 N–H and O–H groups in total. The predicted molar refractivity (Wildman–Crippen MR) is 43.7 cm³/mol. The van der Waals surface area contributed by atoms with Crippen LogP contribution in [0.1, 0.15) is 28.5 Å². The van der Waals surface area contributed by atoms with Gasteiger partial charge in [0.15, 0.2) is 0 Å². The van der Waals surface area contributed by atoms with Gasteiger partial charge in [-0.2, -0.15) is 0 Å². The van der Waals surface area contributed by atoms with E-state index in [4.69, 9.17) is 9.60 Å². The number of hydrogen-bond donors (Lipinski definition) is 0. The van der Waals surface area contributed by atoms with Crippen LogP contribution in [0.4, 0.5) is 0 Å². The number of rotatable bonds is 2. The van der Waals surface area contributed by atoms with Gasteiger partial charge < -0.3 is 0 Å². The molecule has 0 saturated heterocycles. The Labute approximate surface area is 78.7 Å². The van der Waals surface area contributed by atoms with Crippen LogP contribution in [-0.4, -0.2) is 9.97 Å². The van der Waals surface area contributed by atoms with E-state index >= 15 is 0 Å². The van der Waals surface area contributed by atoms with E-state index in [-0.39, 0.29) is 5.69 Å². The molecule has 0 spiro atoms. The van der Waals surface area contributed by atoms with Gasteiger partial charge in [-0.25, -0.2) is 4.98 Å². The zero-order valence-corrected chi connectivity index (χ0v) is 6.51. The van der Waals surface area contributed by atoms with Crippen molar-refractivity contribution in [2.45, 2.75) is 19.6 Å². The molecule has 0 amide bonds. The van der Waals surface area contributed by atoms with Crippen LogP contribution < -0.4 is 0 Å². The number of aryl methyl sites for hydroxylation is 1. The lowest BCUT2D eigenvalue weighted by molar-refractivity contribution is 0.867. The van der Waals surface area contributed by atoms with Crippen molar-refractivity contribution in [2.75, 3.05) is 0 Å². The molecule has 1 aromatic rings. The third kappa shape index (κ3) is 2.06. The van der Waals surface area contributed by atoms with Gasteiger partial charge >= 0.3 is 0 Å². The quantitative estimate of drug-likeness (QED) is 0.744. The van der Waals surface area contributed by atoms with Crippen molar-refractivity contribution in [3.05, 3.63) is 22.7 Å². The van der Waals surface area contributed by atoms with Crippen molar-refractivity contribution >= 4 is 15.9 Å². The second kappa shape index (κ2) is 3.66. The summed E-state index contributed by atoms with van der Waals surface area (Å²) in [6.45, 7) is -3.09. The number of hydrogen-bond acceptors (Lipinski definition) is 2. The van der Waals surface area contributed by atoms with Gasteiger partial charge in [0.2, 0.25) is 0 Å². The van der Waals surface area contributed by atoms with Crippen molar-refractivity contribution in [2.24, 2.45) is 0 Å². The van der Waals surface area contributed by atoms with Crippen molar-refractivity contribution in [3.63, 3.8) is 0 Å². The molecule has 0 aliphatic heterocycles. The minimum absolute atomic E-state index is 0.353. The van der Waals surface area contributed by atoms with Gasteiger partial charge in [-0.15, -0.1) is 0 Å². The highest BCUT2D eigenvalue weighted by atomic mass is 79.9. The van der Waals surface area contributed by atoms with Crippen LogP contribution in [0.25, 0.3) is 0 Å². The first-order valence-corrected chi connectivity index (χ1v) is 3.27. The molecule has 0 fully saturated rings.